The summed E-state index contributed by atoms with van der Waals surface area (Å²) in [6.07, 6.45) is 8.53. The van der Waals surface area contributed by atoms with Gasteiger partial charge in [0.1, 0.15) is 0 Å². The Labute approximate surface area is 106 Å². The molecule has 1 heterocycles. The number of hydrogen-bond donors (Lipinski definition) is 0. The number of rotatable bonds is 6. The molecular formula is C12H28N2P2. The topological polar surface area (TPSA) is 6.48 Å². The molecule has 4 unspecified atom stereocenters. The monoisotopic (exact) mass is 262 g/mol. The fraction of sp³-hybridized carbons (Fsp3) is 1.00. The summed E-state index contributed by atoms with van der Waals surface area (Å²) in [6, 6.07) is 1.45. The summed E-state index contributed by atoms with van der Waals surface area (Å²) in [7, 11) is 5.87. The van der Waals surface area contributed by atoms with Crippen LogP contribution in [0.5, 0.6) is 0 Å². The van der Waals surface area contributed by atoms with Gasteiger partial charge in [0.05, 0.1) is 6.17 Å². The molecule has 0 aromatic heterocycles. The molecule has 0 radical (unpaired) electrons. The molecule has 0 aromatic rings. The minimum Gasteiger partial charge on any atom is -0.267 e. The van der Waals surface area contributed by atoms with Crippen LogP contribution in [0.3, 0.4) is 0 Å². The van der Waals surface area contributed by atoms with Gasteiger partial charge in [0.25, 0.3) is 0 Å². The van der Waals surface area contributed by atoms with Crippen molar-refractivity contribution in [2.75, 3.05) is 0 Å². The van der Waals surface area contributed by atoms with Gasteiger partial charge >= 0.3 is 0 Å². The quantitative estimate of drug-likeness (QED) is 0.674. The number of hydrogen-bond acceptors (Lipinski definition) is 2. The van der Waals surface area contributed by atoms with Gasteiger partial charge in [-0.15, -0.1) is 0 Å². The first-order valence-corrected chi connectivity index (χ1v) is 7.72. The molecule has 4 atom stereocenters. The number of unbranched alkanes of at least 4 members (excludes halogenated alkanes) is 2. The van der Waals surface area contributed by atoms with Crippen LogP contribution >= 0.6 is 18.8 Å². The van der Waals surface area contributed by atoms with Crippen LogP contribution in [0.4, 0.5) is 0 Å². The minimum absolute atomic E-state index is 0.540. The van der Waals surface area contributed by atoms with Gasteiger partial charge < -0.3 is 0 Å². The highest BCUT2D eigenvalue weighted by Gasteiger charge is 2.40. The molecule has 1 fully saturated rings. The third-order valence-electron chi connectivity index (χ3n) is 3.78. The SMILES string of the molecule is CCCCC1C(CCCC)N(P)C(C)N1P. The lowest BCUT2D eigenvalue weighted by Crippen LogP contribution is -2.31. The van der Waals surface area contributed by atoms with Crippen LogP contribution in [-0.2, 0) is 0 Å². The van der Waals surface area contributed by atoms with Crippen molar-refractivity contribution in [2.24, 2.45) is 0 Å². The average molecular weight is 262 g/mol. The highest BCUT2D eigenvalue weighted by Crippen LogP contribution is 2.37. The molecule has 0 aromatic carbocycles. The predicted molar refractivity (Wildman–Crippen MR) is 79.2 cm³/mol. The van der Waals surface area contributed by atoms with Crippen molar-refractivity contribution in [3.05, 3.63) is 0 Å². The maximum atomic E-state index is 2.94. The summed E-state index contributed by atoms with van der Waals surface area (Å²) in [6.45, 7) is 6.86. The van der Waals surface area contributed by atoms with Crippen LogP contribution in [0.25, 0.3) is 0 Å². The second-order valence-corrected chi connectivity index (χ2v) is 6.14. The van der Waals surface area contributed by atoms with Crippen molar-refractivity contribution in [3.8, 4) is 0 Å². The first-order valence-electron chi connectivity index (χ1n) is 6.69. The summed E-state index contributed by atoms with van der Waals surface area (Å²) in [5.74, 6) is 0. The van der Waals surface area contributed by atoms with Crippen LogP contribution in [0, 0.1) is 0 Å². The van der Waals surface area contributed by atoms with Gasteiger partial charge in [-0.25, -0.2) is 0 Å². The molecule has 0 aliphatic carbocycles. The zero-order valence-electron chi connectivity index (χ0n) is 11.0. The lowest BCUT2D eigenvalue weighted by atomic mass is 9.99. The normalized spacial score (nSPS) is 32.4. The molecule has 16 heavy (non-hydrogen) atoms. The molecule has 0 saturated carbocycles. The highest BCUT2D eigenvalue weighted by atomic mass is 31.0. The van der Waals surface area contributed by atoms with E-state index in [0.717, 1.165) is 12.1 Å². The van der Waals surface area contributed by atoms with E-state index in [1.54, 1.807) is 0 Å². The highest BCUT2D eigenvalue weighted by molar-refractivity contribution is 7.14. The Hall–Kier alpha value is 0.780. The molecule has 1 aliphatic rings. The van der Waals surface area contributed by atoms with Crippen molar-refractivity contribution in [3.63, 3.8) is 0 Å². The van der Waals surface area contributed by atoms with Crippen LogP contribution in [0.1, 0.15) is 59.3 Å². The van der Waals surface area contributed by atoms with Crippen LogP contribution in [0.2, 0.25) is 0 Å². The lowest BCUT2D eigenvalue weighted by molar-refractivity contribution is 0.312. The van der Waals surface area contributed by atoms with E-state index in [2.05, 4.69) is 48.9 Å². The van der Waals surface area contributed by atoms with Gasteiger partial charge in [0.15, 0.2) is 0 Å². The Morgan fingerprint density at radius 2 is 1.25 bits per heavy atom. The van der Waals surface area contributed by atoms with Crippen LogP contribution in [-0.4, -0.2) is 27.6 Å². The van der Waals surface area contributed by atoms with Crippen LogP contribution < -0.4 is 0 Å². The second-order valence-electron chi connectivity index (χ2n) is 4.95. The molecule has 0 N–H and O–H groups in total. The van der Waals surface area contributed by atoms with Gasteiger partial charge in [-0.2, -0.15) is 0 Å². The molecule has 2 nitrogen and oxygen atoms in total. The summed E-state index contributed by atoms with van der Waals surface area (Å²) in [5, 5.41) is 0. The Morgan fingerprint density at radius 1 is 0.875 bits per heavy atom. The largest absolute Gasteiger partial charge is 0.267 e. The maximum absolute atomic E-state index is 2.94. The Balaban J connectivity index is 2.59. The second kappa shape index (κ2) is 7.27. The molecule has 1 rings (SSSR count). The van der Waals surface area contributed by atoms with E-state index < -0.39 is 0 Å². The van der Waals surface area contributed by atoms with E-state index in [1.807, 2.05) is 0 Å². The third-order valence-corrected chi connectivity index (χ3v) is 5.41. The van der Waals surface area contributed by atoms with Crippen molar-refractivity contribution >= 4 is 18.8 Å². The lowest BCUT2D eigenvalue weighted by Gasteiger charge is -2.25. The molecule has 96 valence electrons. The predicted octanol–water partition coefficient (Wildman–Crippen LogP) is 3.65. The van der Waals surface area contributed by atoms with E-state index in [9.17, 15) is 0 Å². The van der Waals surface area contributed by atoms with E-state index in [1.165, 1.54) is 38.5 Å². The van der Waals surface area contributed by atoms with Gasteiger partial charge in [-0.3, -0.25) is 9.34 Å². The Morgan fingerprint density at radius 3 is 1.56 bits per heavy atom. The summed E-state index contributed by atoms with van der Waals surface area (Å²) < 4.78 is 4.95. The van der Waals surface area contributed by atoms with Gasteiger partial charge in [-0.05, 0) is 19.8 Å². The molecule has 0 spiro atoms. The van der Waals surface area contributed by atoms with Crippen molar-refractivity contribution in [1.82, 2.24) is 9.34 Å². The minimum atomic E-state index is 0.540. The van der Waals surface area contributed by atoms with Gasteiger partial charge in [0.2, 0.25) is 0 Å². The Bertz CT molecular complexity index is 181. The molecule has 1 saturated heterocycles. The summed E-state index contributed by atoms with van der Waals surface area (Å²) in [5.41, 5.74) is 0. The zero-order valence-corrected chi connectivity index (χ0v) is 13.3. The van der Waals surface area contributed by atoms with E-state index >= 15 is 0 Å². The third kappa shape index (κ3) is 3.39. The first kappa shape index (κ1) is 14.8. The van der Waals surface area contributed by atoms with Crippen molar-refractivity contribution in [1.29, 1.82) is 0 Å². The smallest absolute Gasteiger partial charge is 0.0660 e. The standard InChI is InChI=1S/C12H28N2P2/c1-4-6-8-11-12(9-7-5-2)14(16)10(3)13(11)15/h10-12H,4-9,15-16H2,1-3H3. The fourth-order valence-electron chi connectivity index (χ4n) is 2.62. The molecule has 0 amide bonds. The van der Waals surface area contributed by atoms with Crippen molar-refractivity contribution < 1.29 is 0 Å². The molecule has 4 heteroatoms. The van der Waals surface area contributed by atoms with Gasteiger partial charge in [-0.1, -0.05) is 58.3 Å². The van der Waals surface area contributed by atoms with E-state index in [4.69, 9.17) is 0 Å². The Kier molecular flexibility index (Phi) is 6.74. The van der Waals surface area contributed by atoms with E-state index in [0.29, 0.717) is 6.17 Å². The molecule has 1 aliphatic heterocycles. The maximum Gasteiger partial charge on any atom is 0.0660 e. The first-order chi connectivity index (χ1) is 7.63. The summed E-state index contributed by atoms with van der Waals surface area (Å²) >= 11 is 0. The zero-order chi connectivity index (χ0) is 12.1. The van der Waals surface area contributed by atoms with E-state index in [-0.39, 0.29) is 0 Å². The van der Waals surface area contributed by atoms with Crippen LogP contribution in [0.15, 0.2) is 0 Å². The van der Waals surface area contributed by atoms with Gasteiger partial charge in [0, 0.05) is 12.1 Å². The molecule has 0 bridgehead atoms. The average Bonchev–Trinajstić information content (AvgIpc) is 2.49. The fourth-order valence-corrected chi connectivity index (χ4v) is 3.77. The summed E-state index contributed by atoms with van der Waals surface area (Å²) in [4.78, 5) is 0. The molecular weight excluding hydrogens is 234 g/mol. The number of nitrogens with zero attached hydrogens (tertiary/aromatic N) is 2. The van der Waals surface area contributed by atoms with Crippen molar-refractivity contribution in [2.45, 2.75) is 77.5 Å².